The van der Waals surface area contributed by atoms with E-state index in [9.17, 15) is 0 Å². The van der Waals surface area contributed by atoms with Crippen LogP contribution >= 0.6 is 11.6 Å². The first-order chi connectivity index (χ1) is 8.74. The maximum absolute atomic E-state index is 5.98. The van der Waals surface area contributed by atoms with Crippen molar-refractivity contribution >= 4 is 22.9 Å². The Morgan fingerprint density at radius 2 is 2.00 bits per heavy atom. The van der Waals surface area contributed by atoms with Crippen LogP contribution in [0.1, 0.15) is 11.4 Å². The number of fused-ring (bicyclic) bond motifs is 1. The van der Waals surface area contributed by atoms with Gasteiger partial charge in [0.05, 0.1) is 11.7 Å². The minimum Gasteiger partial charge on any atom is -0.385 e. The van der Waals surface area contributed by atoms with Crippen LogP contribution in [-0.2, 0) is 6.42 Å². The molecule has 3 rings (SSSR count). The van der Waals surface area contributed by atoms with Crippen molar-refractivity contribution < 1.29 is 0 Å². The highest BCUT2D eigenvalue weighted by Crippen LogP contribution is 2.17. The lowest BCUT2D eigenvalue weighted by atomic mass is 10.1. The SMILES string of the molecule is Nc1cccc2cnc(Cc3cccc(Cl)c3)n12. The van der Waals surface area contributed by atoms with Gasteiger partial charge in [0, 0.05) is 11.4 Å². The quantitative estimate of drug-likeness (QED) is 0.766. The number of halogens is 1. The Labute approximate surface area is 110 Å². The molecule has 0 radical (unpaired) electrons. The van der Waals surface area contributed by atoms with E-state index in [1.807, 2.05) is 53.1 Å². The number of aromatic nitrogens is 2. The van der Waals surface area contributed by atoms with Crippen LogP contribution in [0.4, 0.5) is 5.82 Å². The summed E-state index contributed by atoms with van der Waals surface area (Å²) in [5.74, 6) is 1.62. The van der Waals surface area contributed by atoms with E-state index < -0.39 is 0 Å². The van der Waals surface area contributed by atoms with Gasteiger partial charge in [-0.25, -0.2) is 4.98 Å². The molecule has 0 aliphatic heterocycles. The Balaban J connectivity index is 2.05. The highest BCUT2D eigenvalue weighted by molar-refractivity contribution is 6.30. The molecule has 0 bridgehead atoms. The molecule has 90 valence electrons. The first kappa shape index (κ1) is 11.1. The number of anilines is 1. The molecule has 2 aromatic heterocycles. The smallest absolute Gasteiger partial charge is 0.119 e. The van der Waals surface area contributed by atoms with Gasteiger partial charge in [-0.15, -0.1) is 0 Å². The van der Waals surface area contributed by atoms with E-state index in [-0.39, 0.29) is 0 Å². The Kier molecular flexibility index (Phi) is 2.68. The van der Waals surface area contributed by atoms with Crippen molar-refractivity contribution in [3.63, 3.8) is 0 Å². The molecule has 3 aromatic rings. The molecule has 2 N–H and O–H groups in total. The number of hydrogen-bond acceptors (Lipinski definition) is 2. The Hall–Kier alpha value is -2.00. The van der Waals surface area contributed by atoms with Crippen molar-refractivity contribution in [2.24, 2.45) is 0 Å². The molecule has 0 aliphatic carbocycles. The van der Waals surface area contributed by atoms with Crippen LogP contribution in [-0.4, -0.2) is 9.38 Å². The van der Waals surface area contributed by atoms with E-state index in [1.165, 1.54) is 0 Å². The number of benzene rings is 1. The summed E-state index contributed by atoms with van der Waals surface area (Å²) < 4.78 is 1.96. The van der Waals surface area contributed by atoms with Gasteiger partial charge >= 0.3 is 0 Å². The van der Waals surface area contributed by atoms with Gasteiger partial charge in [0.2, 0.25) is 0 Å². The first-order valence-corrected chi connectivity index (χ1v) is 6.07. The zero-order chi connectivity index (χ0) is 12.5. The lowest BCUT2D eigenvalue weighted by Gasteiger charge is -2.05. The average molecular weight is 258 g/mol. The summed E-state index contributed by atoms with van der Waals surface area (Å²) in [6.07, 6.45) is 2.54. The van der Waals surface area contributed by atoms with Crippen molar-refractivity contribution in [2.75, 3.05) is 5.73 Å². The minimum atomic E-state index is 0.696. The van der Waals surface area contributed by atoms with Gasteiger partial charge in [0.15, 0.2) is 0 Å². The molecule has 3 nitrogen and oxygen atoms in total. The maximum atomic E-state index is 5.98. The zero-order valence-electron chi connectivity index (χ0n) is 9.68. The van der Waals surface area contributed by atoms with Crippen molar-refractivity contribution in [1.82, 2.24) is 9.38 Å². The van der Waals surface area contributed by atoms with Crippen LogP contribution in [0.5, 0.6) is 0 Å². The number of pyridine rings is 1. The lowest BCUT2D eigenvalue weighted by Crippen LogP contribution is -2.01. The van der Waals surface area contributed by atoms with Gasteiger partial charge in [-0.1, -0.05) is 29.8 Å². The number of rotatable bonds is 2. The van der Waals surface area contributed by atoms with Crippen LogP contribution in [0.25, 0.3) is 5.52 Å². The van der Waals surface area contributed by atoms with E-state index in [2.05, 4.69) is 4.98 Å². The topological polar surface area (TPSA) is 43.3 Å². The van der Waals surface area contributed by atoms with Gasteiger partial charge < -0.3 is 5.73 Å². The number of nitrogens with two attached hydrogens (primary N) is 1. The van der Waals surface area contributed by atoms with Crippen LogP contribution in [0.3, 0.4) is 0 Å². The number of imidazole rings is 1. The molecule has 0 unspecified atom stereocenters. The molecule has 0 saturated heterocycles. The van der Waals surface area contributed by atoms with Crippen LogP contribution in [0.2, 0.25) is 5.02 Å². The summed E-state index contributed by atoms with van der Waals surface area (Å²) >= 11 is 5.98. The molecular weight excluding hydrogens is 246 g/mol. The summed E-state index contributed by atoms with van der Waals surface area (Å²) in [6.45, 7) is 0. The number of nitrogens with zero attached hydrogens (tertiary/aromatic N) is 2. The Morgan fingerprint density at radius 1 is 1.17 bits per heavy atom. The number of hydrogen-bond donors (Lipinski definition) is 1. The monoisotopic (exact) mass is 257 g/mol. The Morgan fingerprint density at radius 3 is 2.83 bits per heavy atom. The third-order valence-corrected chi connectivity index (χ3v) is 3.14. The highest BCUT2D eigenvalue weighted by atomic mass is 35.5. The van der Waals surface area contributed by atoms with Gasteiger partial charge in [0.1, 0.15) is 11.6 Å². The van der Waals surface area contributed by atoms with E-state index in [0.29, 0.717) is 12.2 Å². The molecule has 0 spiro atoms. The molecule has 0 fully saturated rings. The molecular formula is C14H12ClN3. The van der Waals surface area contributed by atoms with E-state index >= 15 is 0 Å². The molecule has 4 heteroatoms. The lowest BCUT2D eigenvalue weighted by molar-refractivity contribution is 0.969. The van der Waals surface area contributed by atoms with Crippen molar-refractivity contribution in [3.05, 3.63) is 65.1 Å². The van der Waals surface area contributed by atoms with Gasteiger partial charge in [-0.2, -0.15) is 0 Å². The average Bonchev–Trinajstić information content (AvgIpc) is 2.74. The number of nitrogen functional groups attached to an aromatic ring is 1. The third-order valence-electron chi connectivity index (χ3n) is 2.91. The van der Waals surface area contributed by atoms with Crippen molar-refractivity contribution in [1.29, 1.82) is 0 Å². The van der Waals surface area contributed by atoms with E-state index in [0.717, 1.165) is 21.9 Å². The summed E-state index contributed by atoms with van der Waals surface area (Å²) in [5, 5.41) is 0.737. The molecule has 0 atom stereocenters. The second-order valence-electron chi connectivity index (χ2n) is 4.19. The van der Waals surface area contributed by atoms with Gasteiger partial charge in [-0.05, 0) is 29.8 Å². The summed E-state index contributed by atoms with van der Waals surface area (Å²) in [6, 6.07) is 13.6. The zero-order valence-corrected chi connectivity index (χ0v) is 10.4. The molecule has 18 heavy (non-hydrogen) atoms. The van der Waals surface area contributed by atoms with Crippen LogP contribution < -0.4 is 5.73 Å². The van der Waals surface area contributed by atoms with Crippen molar-refractivity contribution in [3.8, 4) is 0 Å². The molecule has 0 amide bonds. The standard InChI is InChI=1S/C14H12ClN3/c15-11-4-1-3-10(7-11)8-14-17-9-12-5-2-6-13(16)18(12)14/h1-7,9H,8,16H2. The molecule has 2 heterocycles. The van der Waals surface area contributed by atoms with Gasteiger partial charge in [0.25, 0.3) is 0 Å². The fourth-order valence-electron chi connectivity index (χ4n) is 2.09. The minimum absolute atomic E-state index is 0.696. The van der Waals surface area contributed by atoms with Crippen molar-refractivity contribution in [2.45, 2.75) is 6.42 Å². The second-order valence-corrected chi connectivity index (χ2v) is 4.63. The fourth-order valence-corrected chi connectivity index (χ4v) is 2.31. The molecule has 1 aromatic carbocycles. The van der Waals surface area contributed by atoms with Crippen LogP contribution in [0.15, 0.2) is 48.7 Å². The largest absolute Gasteiger partial charge is 0.385 e. The summed E-state index contributed by atoms with van der Waals surface area (Å²) in [4.78, 5) is 4.42. The molecule has 0 aliphatic rings. The predicted octanol–water partition coefficient (Wildman–Crippen LogP) is 3.16. The van der Waals surface area contributed by atoms with E-state index in [4.69, 9.17) is 17.3 Å². The highest BCUT2D eigenvalue weighted by Gasteiger charge is 2.06. The fraction of sp³-hybridized carbons (Fsp3) is 0.0714. The molecule has 0 saturated carbocycles. The Bertz CT molecular complexity index is 703. The van der Waals surface area contributed by atoms with Gasteiger partial charge in [-0.3, -0.25) is 4.40 Å². The predicted molar refractivity (Wildman–Crippen MR) is 73.9 cm³/mol. The second kappa shape index (κ2) is 4.35. The normalized spacial score (nSPS) is 10.9. The third kappa shape index (κ3) is 1.93. The maximum Gasteiger partial charge on any atom is 0.119 e. The summed E-state index contributed by atoms with van der Waals surface area (Å²) in [5.41, 5.74) is 8.11. The van der Waals surface area contributed by atoms with Crippen LogP contribution in [0, 0.1) is 0 Å². The van der Waals surface area contributed by atoms with E-state index in [1.54, 1.807) is 0 Å². The summed E-state index contributed by atoms with van der Waals surface area (Å²) in [7, 11) is 0. The first-order valence-electron chi connectivity index (χ1n) is 5.69.